The highest BCUT2D eigenvalue weighted by atomic mass is 16.2. The van der Waals surface area contributed by atoms with E-state index in [9.17, 15) is 19.2 Å². The molecule has 0 unspecified atom stereocenters. The van der Waals surface area contributed by atoms with Crippen molar-refractivity contribution in [2.24, 2.45) is 0 Å². The lowest BCUT2D eigenvalue weighted by atomic mass is 9.71. The number of carbonyl (C=O) groups is 4. The van der Waals surface area contributed by atoms with Crippen molar-refractivity contribution < 1.29 is 19.2 Å². The van der Waals surface area contributed by atoms with Gasteiger partial charge >= 0.3 is 0 Å². The second-order valence-electron chi connectivity index (χ2n) is 8.28. The van der Waals surface area contributed by atoms with Gasteiger partial charge in [0.2, 0.25) is 0 Å². The zero-order valence-electron chi connectivity index (χ0n) is 18.3. The minimum absolute atomic E-state index is 0.361. The van der Waals surface area contributed by atoms with E-state index >= 15 is 0 Å². The number of rotatable bonds is 5. The van der Waals surface area contributed by atoms with Crippen molar-refractivity contribution in [2.45, 2.75) is 12.3 Å². The summed E-state index contributed by atoms with van der Waals surface area (Å²) in [4.78, 5) is 50.5. The van der Waals surface area contributed by atoms with Gasteiger partial charge in [0.1, 0.15) is 0 Å². The number of anilines is 2. The van der Waals surface area contributed by atoms with Gasteiger partial charge in [0.15, 0.2) is 0 Å². The van der Waals surface area contributed by atoms with Gasteiger partial charge in [-0.25, -0.2) is 9.80 Å². The summed E-state index contributed by atoms with van der Waals surface area (Å²) in [7, 11) is 0. The van der Waals surface area contributed by atoms with Gasteiger partial charge in [-0.1, -0.05) is 54.6 Å². The first-order valence-electron chi connectivity index (χ1n) is 10.8. The Morgan fingerprint density at radius 3 is 1.15 bits per heavy atom. The van der Waals surface area contributed by atoms with Crippen LogP contribution in [0.5, 0.6) is 0 Å². The van der Waals surface area contributed by atoms with E-state index in [4.69, 9.17) is 0 Å². The van der Waals surface area contributed by atoms with E-state index in [0.717, 1.165) is 26.5 Å². The number of amides is 4. The first-order chi connectivity index (χ1) is 16.4. The Labute approximate surface area is 196 Å². The fraction of sp³-hybridized carbons (Fsp3) is 0.0714. The van der Waals surface area contributed by atoms with Gasteiger partial charge in [-0.05, 0) is 47.9 Å². The molecule has 2 aliphatic heterocycles. The fourth-order valence-electron chi connectivity index (χ4n) is 4.47. The molecule has 0 bridgehead atoms. The van der Waals surface area contributed by atoms with Gasteiger partial charge in [-0.2, -0.15) is 0 Å². The van der Waals surface area contributed by atoms with Crippen LogP contribution in [0.25, 0.3) is 0 Å². The number of imide groups is 2. The second-order valence-corrected chi connectivity index (χ2v) is 8.28. The summed E-state index contributed by atoms with van der Waals surface area (Å²) in [6.45, 7) is 2.09. The monoisotopic (exact) mass is 448 g/mol. The second kappa shape index (κ2) is 8.08. The minimum atomic E-state index is -0.577. The molecule has 5 rings (SSSR count). The molecule has 0 aromatic heterocycles. The Balaban J connectivity index is 1.55. The molecule has 0 spiro atoms. The maximum atomic E-state index is 12.1. The molecule has 0 N–H and O–H groups in total. The predicted molar refractivity (Wildman–Crippen MR) is 128 cm³/mol. The molecule has 3 aromatic rings. The van der Waals surface area contributed by atoms with Crippen LogP contribution in [0.1, 0.15) is 23.6 Å². The van der Waals surface area contributed by atoms with Gasteiger partial charge < -0.3 is 0 Å². The maximum absolute atomic E-state index is 12.1. The largest absolute Gasteiger partial charge is 0.269 e. The molecule has 0 atom stereocenters. The van der Waals surface area contributed by atoms with Crippen molar-refractivity contribution in [3.05, 3.63) is 120 Å². The van der Waals surface area contributed by atoms with Gasteiger partial charge in [0, 0.05) is 29.7 Å². The van der Waals surface area contributed by atoms with Crippen LogP contribution in [-0.4, -0.2) is 23.6 Å². The lowest BCUT2D eigenvalue weighted by Crippen LogP contribution is -2.30. The lowest BCUT2D eigenvalue weighted by molar-refractivity contribution is -0.121. The molecule has 0 aliphatic carbocycles. The zero-order valence-corrected chi connectivity index (χ0v) is 18.3. The van der Waals surface area contributed by atoms with Crippen molar-refractivity contribution in [3.8, 4) is 0 Å². The normalized spacial score (nSPS) is 15.7. The summed E-state index contributed by atoms with van der Waals surface area (Å²) in [6, 6.07) is 24.7. The Morgan fingerprint density at radius 1 is 0.471 bits per heavy atom. The summed E-state index contributed by atoms with van der Waals surface area (Å²) < 4.78 is 0. The molecule has 4 amide bonds. The van der Waals surface area contributed by atoms with Crippen molar-refractivity contribution in [1.82, 2.24) is 0 Å². The summed E-state index contributed by atoms with van der Waals surface area (Å²) in [6.07, 6.45) is 5.04. The van der Waals surface area contributed by atoms with Gasteiger partial charge in [0.25, 0.3) is 23.6 Å². The molecule has 0 fully saturated rings. The summed E-state index contributed by atoms with van der Waals surface area (Å²) in [5.41, 5.74) is 3.39. The predicted octanol–water partition coefficient (Wildman–Crippen LogP) is 3.90. The van der Waals surface area contributed by atoms with Gasteiger partial charge in [-0.15, -0.1) is 0 Å². The van der Waals surface area contributed by atoms with Crippen LogP contribution in [0, 0.1) is 0 Å². The molecule has 34 heavy (non-hydrogen) atoms. The highest BCUT2D eigenvalue weighted by molar-refractivity contribution is 6.28. The Morgan fingerprint density at radius 2 is 0.794 bits per heavy atom. The molecule has 166 valence electrons. The molecule has 2 heterocycles. The highest BCUT2D eigenvalue weighted by Gasteiger charge is 2.33. The zero-order chi connectivity index (χ0) is 23.9. The summed E-state index contributed by atoms with van der Waals surface area (Å²) >= 11 is 0. The van der Waals surface area contributed by atoms with Crippen LogP contribution in [0.3, 0.4) is 0 Å². The molecule has 0 saturated carbocycles. The fourth-order valence-corrected chi connectivity index (χ4v) is 4.47. The first-order valence-corrected chi connectivity index (χ1v) is 10.8. The van der Waals surface area contributed by atoms with Crippen molar-refractivity contribution >= 4 is 35.0 Å². The van der Waals surface area contributed by atoms with E-state index in [0.29, 0.717) is 11.4 Å². The van der Waals surface area contributed by atoms with Crippen molar-refractivity contribution in [1.29, 1.82) is 0 Å². The van der Waals surface area contributed by atoms with E-state index in [2.05, 4.69) is 6.92 Å². The van der Waals surface area contributed by atoms with Gasteiger partial charge in [-0.3, -0.25) is 19.2 Å². The standard InChI is InChI=1S/C28H20N2O4/c1-28(19-5-3-2-4-6-19,20-7-11-22(12-8-20)29-24(31)15-16-25(29)32)21-9-13-23(14-10-21)30-26(33)17-18-27(30)34/h2-18H,1H3. The number of benzene rings is 3. The minimum Gasteiger partial charge on any atom is -0.269 e. The topological polar surface area (TPSA) is 74.8 Å². The van der Waals surface area contributed by atoms with Crippen LogP contribution in [0.15, 0.2) is 103 Å². The third kappa shape index (κ3) is 3.36. The molecule has 6 nitrogen and oxygen atoms in total. The molecule has 6 heteroatoms. The number of nitrogens with zero attached hydrogens (tertiary/aromatic N) is 2. The quantitative estimate of drug-likeness (QED) is 0.438. The molecule has 0 saturated heterocycles. The van der Waals surface area contributed by atoms with E-state index in [1.165, 1.54) is 24.3 Å². The summed E-state index contributed by atoms with van der Waals surface area (Å²) in [5, 5.41) is 0. The van der Waals surface area contributed by atoms with E-state index in [-0.39, 0.29) is 23.6 Å². The molecule has 3 aromatic carbocycles. The first kappa shape index (κ1) is 21.3. The lowest BCUT2D eigenvalue weighted by Gasteiger charge is -2.32. The van der Waals surface area contributed by atoms with Crippen molar-refractivity contribution in [2.75, 3.05) is 9.80 Å². The number of hydrogen-bond acceptors (Lipinski definition) is 4. The third-order valence-electron chi connectivity index (χ3n) is 6.38. The van der Waals surface area contributed by atoms with E-state index in [1.54, 1.807) is 24.3 Å². The Bertz CT molecular complexity index is 1250. The molecular weight excluding hydrogens is 428 g/mol. The van der Waals surface area contributed by atoms with Crippen molar-refractivity contribution in [3.63, 3.8) is 0 Å². The SMILES string of the molecule is CC(c1ccccc1)(c1ccc(N2C(=O)C=CC2=O)cc1)c1ccc(N2C(=O)C=CC2=O)cc1. The maximum Gasteiger partial charge on any atom is 0.258 e. The summed E-state index contributed by atoms with van der Waals surface area (Å²) in [5.74, 6) is -1.45. The van der Waals surface area contributed by atoms with E-state index < -0.39 is 5.41 Å². The molecule has 2 aliphatic rings. The van der Waals surface area contributed by atoms with Gasteiger partial charge in [0.05, 0.1) is 11.4 Å². The number of hydrogen-bond donors (Lipinski definition) is 0. The highest BCUT2D eigenvalue weighted by Crippen LogP contribution is 2.40. The van der Waals surface area contributed by atoms with Crippen LogP contribution >= 0.6 is 0 Å². The van der Waals surface area contributed by atoms with Crippen LogP contribution in [-0.2, 0) is 24.6 Å². The van der Waals surface area contributed by atoms with Crippen LogP contribution in [0.2, 0.25) is 0 Å². The molecular formula is C28H20N2O4. The van der Waals surface area contributed by atoms with E-state index in [1.807, 2.05) is 54.6 Å². The Hall–Kier alpha value is -4.58. The molecule has 0 radical (unpaired) electrons. The van der Waals surface area contributed by atoms with Crippen LogP contribution < -0.4 is 9.80 Å². The third-order valence-corrected chi connectivity index (χ3v) is 6.38. The average Bonchev–Trinajstić information content (AvgIpc) is 3.39. The number of carbonyl (C=O) groups excluding carboxylic acids is 4. The average molecular weight is 448 g/mol. The smallest absolute Gasteiger partial charge is 0.258 e. The Kier molecular flexibility index (Phi) is 5.06. The van der Waals surface area contributed by atoms with Crippen LogP contribution in [0.4, 0.5) is 11.4 Å².